The van der Waals surface area contributed by atoms with Crippen molar-refractivity contribution < 1.29 is 9.18 Å². The van der Waals surface area contributed by atoms with E-state index in [-0.39, 0.29) is 21.5 Å². The zero-order chi connectivity index (χ0) is 14.3. The lowest BCUT2D eigenvalue weighted by Gasteiger charge is -2.06. The Morgan fingerprint density at radius 3 is 2.42 bits per heavy atom. The van der Waals surface area contributed by atoms with Gasteiger partial charge in [-0.1, -0.05) is 0 Å². The molecule has 3 N–H and O–H groups in total. The van der Waals surface area contributed by atoms with Crippen LogP contribution in [0.1, 0.15) is 32.9 Å². The number of halogens is 2. The number of nitrogens with one attached hydrogen (secondary N) is 1. The largest absolute Gasteiger partial charge is 0.398 e. The SMILES string of the molecule is Cc1[nH]c(C(=O)c2cc(F)c(Br)cc2N)c(C)c1C. The number of aromatic amines is 1. The molecule has 0 amide bonds. The van der Waals surface area contributed by atoms with Gasteiger partial charge in [-0.3, -0.25) is 4.79 Å². The fraction of sp³-hybridized carbons (Fsp3) is 0.214. The average Bonchev–Trinajstić information content (AvgIpc) is 2.61. The van der Waals surface area contributed by atoms with Crippen LogP contribution in [0.15, 0.2) is 16.6 Å². The second-order valence-corrected chi connectivity index (χ2v) is 5.41. The van der Waals surface area contributed by atoms with Crippen LogP contribution in [0, 0.1) is 26.6 Å². The van der Waals surface area contributed by atoms with E-state index < -0.39 is 5.82 Å². The number of rotatable bonds is 2. The number of hydrogen-bond acceptors (Lipinski definition) is 2. The number of anilines is 1. The van der Waals surface area contributed by atoms with Gasteiger partial charge in [-0.25, -0.2) is 4.39 Å². The van der Waals surface area contributed by atoms with Crippen molar-refractivity contribution in [3.8, 4) is 0 Å². The van der Waals surface area contributed by atoms with Gasteiger partial charge in [0.15, 0.2) is 0 Å². The molecule has 0 aliphatic rings. The topological polar surface area (TPSA) is 58.9 Å². The maximum Gasteiger partial charge on any atom is 0.211 e. The van der Waals surface area contributed by atoms with Crippen molar-refractivity contribution in [2.45, 2.75) is 20.8 Å². The van der Waals surface area contributed by atoms with Crippen molar-refractivity contribution in [3.05, 3.63) is 50.5 Å². The van der Waals surface area contributed by atoms with Crippen LogP contribution in [-0.4, -0.2) is 10.8 Å². The van der Waals surface area contributed by atoms with E-state index in [9.17, 15) is 9.18 Å². The Hall–Kier alpha value is -1.62. The van der Waals surface area contributed by atoms with Gasteiger partial charge < -0.3 is 10.7 Å². The number of benzene rings is 1. The number of H-pyrrole nitrogens is 1. The molecule has 0 saturated carbocycles. The monoisotopic (exact) mass is 324 g/mol. The Morgan fingerprint density at radius 1 is 1.26 bits per heavy atom. The van der Waals surface area contributed by atoms with Gasteiger partial charge in [-0.15, -0.1) is 0 Å². The number of carbonyl (C=O) groups is 1. The minimum absolute atomic E-state index is 0.171. The number of ketones is 1. The van der Waals surface area contributed by atoms with Crippen molar-refractivity contribution in [3.63, 3.8) is 0 Å². The fourth-order valence-electron chi connectivity index (χ4n) is 1.96. The summed E-state index contributed by atoms with van der Waals surface area (Å²) in [7, 11) is 0. The molecule has 0 radical (unpaired) electrons. The van der Waals surface area contributed by atoms with Crippen molar-refractivity contribution in [1.82, 2.24) is 4.98 Å². The highest BCUT2D eigenvalue weighted by atomic mass is 79.9. The zero-order valence-electron chi connectivity index (χ0n) is 10.9. The van der Waals surface area contributed by atoms with E-state index in [1.165, 1.54) is 6.07 Å². The molecular weight excluding hydrogens is 311 g/mol. The van der Waals surface area contributed by atoms with Crippen LogP contribution in [-0.2, 0) is 0 Å². The molecule has 0 atom stereocenters. The standard InChI is InChI=1S/C14H14BrFN2O/c1-6-7(2)13(18-8(6)3)14(19)9-4-11(16)10(15)5-12(9)17/h4-5,18H,17H2,1-3H3. The van der Waals surface area contributed by atoms with Gasteiger partial charge in [0.2, 0.25) is 5.78 Å². The molecule has 1 aromatic heterocycles. The van der Waals surface area contributed by atoms with Gasteiger partial charge in [0.1, 0.15) is 5.82 Å². The number of aryl methyl sites for hydroxylation is 1. The summed E-state index contributed by atoms with van der Waals surface area (Å²) in [5.41, 5.74) is 9.50. The highest BCUT2D eigenvalue weighted by molar-refractivity contribution is 9.10. The summed E-state index contributed by atoms with van der Waals surface area (Å²) in [5, 5.41) is 0. The normalized spacial score (nSPS) is 10.8. The Balaban J connectivity index is 2.56. The van der Waals surface area contributed by atoms with E-state index in [1.54, 1.807) is 0 Å². The third-order valence-electron chi connectivity index (χ3n) is 3.38. The van der Waals surface area contributed by atoms with Crippen molar-refractivity contribution in [2.75, 3.05) is 5.73 Å². The number of nitrogen functional groups attached to an aromatic ring is 1. The van der Waals surface area contributed by atoms with Crippen LogP contribution < -0.4 is 5.73 Å². The first kappa shape index (κ1) is 13.8. The molecule has 1 aromatic carbocycles. The lowest BCUT2D eigenvalue weighted by atomic mass is 10.0. The van der Waals surface area contributed by atoms with Crippen LogP contribution in [0.25, 0.3) is 0 Å². The molecule has 0 spiro atoms. The van der Waals surface area contributed by atoms with E-state index in [4.69, 9.17) is 5.73 Å². The molecule has 0 unspecified atom stereocenters. The third-order valence-corrected chi connectivity index (χ3v) is 3.98. The summed E-state index contributed by atoms with van der Waals surface area (Å²) < 4.78 is 13.8. The van der Waals surface area contributed by atoms with Crippen LogP contribution >= 0.6 is 15.9 Å². The van der Waals surface area contributed by atoms with E-state index in [1.807, 2.05) is 20.8 Å². The van der Waals surface area contributed by atoms with Gasteiger partial charge in [0.05, 0.1) is 15.7 Å². The number of nitrogens with two attached hydrogens (primary N) is 1. The molecule has 3 nitrogen and oxygen atoms in total. The number of aromatic nitrogens is 1. The molecule has 2 rings (SSSR count). The van der Waals surface area contributed by atoms with E-state index in [2.05, 4.69) is 20.9 Å². The third kappa shape index (κ3) is 2.30. The number of carbonyl (C=O) groups excluding carboxylic acids is 1. The highest BCUT2D eigenvalue weighted by Gasteiger charge is 2.20. The van der Waals surface area contributed by atoms with E-state index in [0.717, 1.165) is 22.9 Å². The molecule has 0 aliphatic carbocycles. The predicted molar refractivity (Wildman–Crippen MR) is 76.9 cm³/mol. The molecule has 0 fully saturated rings. The quantitative estimate of drug-likeness (QED) is 0.654. The molecule has 100 valence electrons. The maximum absolute atomic E-state index is 13.6. The van der Waals surface area contributed by atoms with Gasteiger partial charge in [-0.05, 0) is 60.0 Å². The van der Waals surface area contributed by atoms with Crippen molar-refractivity contribution >= 4 is 27.4 Å². The van der Waals surface area contributed by atoms with Crippen molar-refractivity contribution in [2.24, 2.45) is 0 Å². The molecule has 0 saturated heterocycles. The Morgan fingerprint density at radius 2 is 1.89 bits per heavy atom. The van der Waals surface area contributed by atoms with Gasteiger partial charge >= 0.3 is 0 Å². The minimum Gasteiger partial charge on any atom is -0.398 e. The minimum atomic E-state index is -0.504. The molecular formula is C14H14BrFN2O. The fourth-order valence-corrected chi connectivity index (χ4v) is 2.33. The van der Waals surface area contributed by atoms with Gasteiger partial charge in [0.25, 0.3) is 0 Å². The molecule has 0 bridgehead atoms. The molecule has 5 heteroatoms. The Bertz CT molecular complexity index is 677. The predicted octanol–water partition coefficient (Wildman–Crippen LogP) is 3.65. The van der Waals surface area contributed by atoms with E-state index >= 15 is 0 Å². The summed E-state index contributed by atoms with van der Waals surface area (Å²) >= 11 is 3.04. The summed E-state index contributed by atoms with van der Waals surface area (Å²) in [6.07, 6.45) is 0. The second-order valence-electron chi connectivity index (χ2n) is 4.56. The first-order valence-electron chi connectivity index (χ1n) is 5.78. The van der Waals surface area contributed by atoms with Crippen LogP contribution in [0.5, 0.6) is 0 Å². The zero-order valence-corrected chi connectivity index (χ0v) is 12.5. The van der Waals surface area contributed by atoms with E-state index in [0.29, 0.717) is 5.69 Å². The smallest absolute Gasteiger partial charge is 0.211 e. The molecule has 19 heavy (non-hydrogen) atoms. The first-order valence-corrected chi connectivity index (χ1v) is 6.57. The lowest BCUT2D eigenvalue weighted by Crippen LogP contribution is -2.08. The second kappa shape index (κ2) is 4.81. The lowest BCUT2D eigenvalue weighted by molar-refractivity contribution is 0.103. The summed E-state index contributed by atoms with van der Waals surface area (Å²) in [6, 6.07) is 2.56. The maximum atomic E-state index is 13.6. The molecule has 1 heterocycles. The summed E-state index contributed by atoms with van der Waals surface area (Å²) in [6.45, 7) is 5.69. The van der Waals surface area contributed by atoms with Crippen LogP contribution in [0.2, 0.25) is 0 Å². The Kier molecular flexibility index (Phi) is 3.49. The van der Waals surface area contributed by atoms with Crippen LogP contribution in [0.4, 0.5) is 10.1 Å². The summed E-state index contributed by atoms with van der Waals surface area (Å²) in [4.78, 5) is 15.5. The van der Waals surface area contributed by atoms with Crippen LogP contribution in [0.3, 0.4) is 0 Å². The van der Waals surface area contributed by atoms with Gasteiger partial charge in [0, 0.05) is 11.4 Å². The van der Waals surface area contributed by atoms with Gasteiger partial charge in [-0.2, -0.15) is 0 Å². The number of hydrogen-bond donors (Lipinski definition) is 2. The highest BCUT2D eigenvalue weighted by Crippen LogP contribution is 2.26. The molecule has 0 aliphatic heterocycles. The first-order chi connectivity index (χ1) is 8.82. The Labute approximate surface area is 119 Å². The summed E-state index contributed by atoms with van der Waals surface area (Å²) in [5.74, 6) is -0.798. The molecule has 2 aromatic rings. The average molecular weight is 325 g/mol. The van der Waals surface area contributed by atoms with Crippen molar-refractivity contribution in [1.29, 1.82) is 0 Å².